The van der Waals surface area contributed by atoms with Gasteiger partial charge in [-0.05, 0) is 5.92 Å². The van der Waals surface area contributed by atoms with Gasteiger partial charge in [0.1, 0.15) is 0 Å². The van der Waals surface area contributed by atoms with Crippen molar-refractivity contribution < 1.29 is 14.3 Å². The molecule has 0 aliphatic rings. The van der Waals surface area contributed by atoms with E-state index in [1.54, 1.807) is 0 Å². The number of thioether (sulfide) groups is 1. The molecule has 1 N–H and O–H groups in total. The molecule has 1 aromatic heterocycles. The first kappa shape index (κ1) is 19.5. The highest BCUT2D eigenvalue weighted by Gasteiger charge is 2.17. The van der Waals surface area contributed by atoms with Crippen molar-refractivity contribution in [3.8, 4) is 11.3 Å². The Labute approximate surface area is 156 Å². The highest BCUT2D eigenvalue weighted by Crippen LogP contribution is 2.36. The first-order chi connectivity index (χ1) is 12.0. The molecule has 2 aromatic rings. The Bertz CT molecular complexity index is 714. The maximum atomic E-state index is 12.1. The monoisotopic (exact) mass is 378 g/mol. The second kappa shape index (κ2) is 9.58. The number of anilines is 1. The molecule has 0 saturated carbocycles. The Morgan fingerprint density at radius 3 is 2.64 bits per heavy atom. The highest BCUT2D eigenvalue weighted by atomic mass is 32.2. The van der Waals surface area contributed by atoms with Gasteiger partial charge in [0.25, 0.3) is 0 Å². The number of rotatable bonds is 8. The number of esters is 1. The van der Waals surface area contributed by atoms with E-state index in [2.05, 4.69) is 28.9 Å². The molecule has 25 heavy (non-hydrogen) atoms. The minimum Gasteiger partial charge on any atom is -0.468 e. The Kier molecular flexibility index (Phi) is 7.46. The van der Waals surface area contributed by atoms with Crippen LogP contribution in [-0.4, -0.2) is 35.5 Å². The summed E-state index contributed by atoms with van der Waals surface area (Å²) in [6.45, 7) is 4.24. The first-order valence-corrected chi connectivity index (χ1v) is 9.99. The number of aromatic nitrogens is 1. The van der Waals surface area contributed by atoms with Crippen LogP contribution in [0.25, 0.3) is 11.3 Å². The second-order valence-electron chi connectivity index (χ2n) is 5.68. The minimum absolute atomic E-state index is 0.0963. The van der Waals surface area contributed by atoms with Crippen LogP contribution >= 0.6 is 23.1 Å². The molecule has 1 amide bonds. The molecule has 0 saturated heterocycles. The summed E-state index contributed by atoms with van der Waals surface area (Å²) in [5.74, 6) is 0.778. The molecule has 0 aliphatic carbocycles. The van der Waals surface area contributed by atoms with Crippen LogP contribution in [0.1, 0.15) is 31.1 Å². The summed E-state index contributed by atoms with van der Waals surface area (Å²) in [5.41, 5.74) is 1.98. The van der Waals surface area contributed by atoms with Gasteiger partial charge in [0.05, 0.1) is 18.6 Å². The van der Waals surface area contributed by atoms with Gasteiger partial charge in [-0.15, -0.1) is 23.1 Å². The van der Waals surface area contributed by atoms with Crippen molar-refractivity contribution in [1.29, 1.82) is 0 Å². The van der Waals surface area contributed by atoms with Crippen molar-refractivity contribution in [3.63, 3.8) is 0 Å². The summed E-state index contributed by atoms with van der Waals surface area (Å²) in [4.78, 5) is 28.9. The first-order valence-electron chi connectivity index (χ1n) is 8.01. The third-order valence-electron chi connectivity index (χ3n) is 3.39. The highest BCUT2D eigenvalue weighted by molar-refractivity contribution is 7.99. The summed E-state index contributed by atoms with van der Waals surface area (Å²) >= 11 is 2.90. The van der Waals surface area contributed by atoms with Crippen LogP contribution in [0, 0.1) is 0 Å². The molecule has 7 heteroatoms. The van der Waals surface area contributed by atoms with E-state index >= 15 is 0 Å². The predicted molar refractivity (Wildman–Crippen MR) is 104 cm³/mol. The maximum Gasteiger partial charge on any atom is 0.315 e. The number of hydrogen-bond donors (Lipinski definition) is 1. The minimum atomic E-state index is -0.278. The topological polar surface area (TPSA) is 68.3 Å². The molecule has 5 nitrogen and oxygen atoms in total. The molecule has 1 aromatic carbocycles. The van der Waals surface area contributed by atoms with Crippen LogP contribution in [-0.2, 0) is 14.3 Å². The van der Waals surface area contributed by atoms with Crippen molar-refractivity contribution in [2.75, 3.05) is 23.9 Å². The zero-order valence-corrected chi connectivity index (χ0v) is 16.2. The number of benzene rings is 1. The standard InChI is InChI=1S/C18H22N2O3S2/c1-12(2)17-16(13-7-5-4-6-8-13)20-18(25-17)19-14(21)9-10-24-11-15(22)23-3/h4-8,12H,9-11H2,1-3H3,(H,19,20,21). The Morgan fingerprint density at radius 1 is 1.28 bits per heavy atom. The zero-order valence-electron chi connectivity index (χ0n) is 14.6. The van der Waals surface area contributed by atoms with Gasteiger partial charge in [0, 0.05) is 22.6 Å². The SMILES string of the molecule is COC(=O)CSCCC(=O)Nc1nc(-c2ccccc2)c(C(C)C)s1. The smallest absolute Gasteiger partial charge is 0.315 e. The van der Waals surface area contributed by atoms with Crippen molar-refractivity contribution in [3.05, 3.63) is 35.2 Å². The average molecular weight is 379 g/mol. The number of nitrogens with zero attached hydrogens (tertiary/aromatic N) is 1. The quantitative estimate of drug-likeness (QED) is 0.551. The third kappa shape index (κ3) is 5.86. The van der Waals surface area contributed by atoms with Gasteiger partial charge in [0.2, 0.25) is 5.91 Å². The van der Waals surface area contributed by atoms with E-state index in [0.29, 0.717) is 23.2 Å². The summed E-state index contributed by atoms with van der Waals surface area (Å²) in [7, 11) is 1.36. The van der Waals surface area contributed by atoms with Gasteiger partial charge in [0.15, 0.2) is 5.13 Å². The zero-order chi connectivity index (χ0) is 18.2. The fourth-order valence-corrected chi connectivity index (χ4v) is 3.91. The van der Waals surface area contributed by atoms with Gasteiger partial charge in [-0.3, -0.25) is 9.59 Å². The molecule has 0 radical (unpaired) electrons. The molecule has 1 heterocycles. The fraction of sp³-hybridized carbons (Fsp3) is 0.389. The van der Waals surface area contributed by atoms with E-state index in [1.165, 1.54) is 30.2 Å². The molecular formula is C18H22N2O3S2. The van der Waals surface area contributed by atoms with Crippen molar-refractivity contribution >= 4 is 40.1 Å². The van der Waals surface area contributed by atoms with Gasteiger partial charge in [-0.25, -0.2) is 4.98 Å². The van der Waals surface area contributed by atoms with Gasteiger partial charge < -0.3 is 10.1 Å². The number of methoxy groups -OCH3 is 1. The largest absolute Gasteiger partial charge is 0.468 e. The Balaban J connectivity index is 1.98. The van der Waals surface area contributed by atoms with Crippen molar-refractivity contribution in [2.45, 2.75) is 26.2 Å². The van der Waals surface area contributed by atoms with Crippen LogP contribution in [0.5, 0.6) is 0 Å². The Morgan fingerprint density at radius 2 is 2.00 bits per heavy atom. The van der Waals surface area contributed by atoms with E-state index in [-0.39, 0.29) is 17.6 Å². The van der Waals surface area contributed by atoms with Crippen LogP contribution < -0.4 is 5.32 Å². The maximum absolute atomic E-state index is 12.1. The molecule has 134 valence electrons. The van der Waals surface area contributed by atoms with Crippen LogP contribution in [0.4, 0.5) is 5.13 Å². The molecule has 0 spiro atoms. The van der Waals surface area contributed by atoms with E-state index in [4.69, 9.17) is 0 Å². The molecule has 0 atom stereocenters. The summed E-state index contributed by atoms with van der Waals surface area (Å²) in [6.07, 6.45) is 0.332. The van der Waals surface area contributed by atoms with E-state index in [0.717, 1.165) is 16.1 Å². The van der Waals surface area contributed by atoms with E-state index in [9.17, 15) is 9.59 Å². The van der Waals surface area contributed by atoms with Crippen LogP contribution in [0.15, 0.2) is 30.3 Å². The summed E-state index contributed by atoms with van der Waals surface area (Å²) in [6, 6.07) is 9.98. The van der Waals surface area contributed by atoms with E-state index < -0.39 is 0 Å². The molecule has 0 aliphatic heterocycles. The lowest BCUT2D eigenvalue weighted by Gasteiger charge is -2.04. The van der Waals surface area contributed by atoms with Crippen LogP contribution in [0.3, 0.4) is 0 Å². The normalized spacial score (nSPS) is 10.7. The van der Waals surface area contributed by atoms with Crippen LogP contribution in [0.2, 0.25) is 0 Å². The summed E-state index contributed by atoms with van der Waals surface area (Å²) < 4.78 is 4.56. The number of ether oxygens (including phenoxy) is 1. The number of carbonyl (C=O) groups is 2. The Hall–Kier alpha value is -1.86. The molecule has 0 bridgehead atoms. The van der Waals surface area contributed by atoms with Gasteiger partial charge >= 0.3 is 5.97 Å². The lowest BCUT2D eigenvalue weighted by atomic mass is 10.1. The molecule has 0 unspecified atom stereocenters. The lowest BCUT2D eigenvalue weighted by Crippen LogP contribution is -2.13. The third-order valence-corrected chi connectivity index (χ3v) is 5.60. The summed E-state index contributed by atoms with van der Waals surface area (Å²) in [5, 5.41) is 3.48. The van der Waals surface area contributed by atoms with Crippen molar-refractivity contribution in [1.82, 2.24) is 4.98 Å². The number of nitrogens with one attached hydrogen (secondary N) is 1. The average Bonchev–Trinajstić information content (AvgIpc) is 3.03. The second-order valence-corrected chi connectivity index (χ2v) is 7.82. The number of thiazole rings is 1. The molecule has 0 fully saturated rings. The van der Waals surface area contributed by atoms with Gasteiger partial charge in [-0.2, -0.15) is 0 Å². The lowest BCUT2D eigenvalue weighted by molar-refractivity contribution is -0.137. The van der Waals surface area contributed by atoms with Gasteiger partial charge in [-0.1, -0.05) is 44.2 Å². The molecular weight excluding hydrogens is 356 g/mol. The fourth-order valence-electron chi connectivity index (χ4n) is 2.14. The van der Waals surface area contributed by atoms with E-state index in [1.807, 2.05) is 30.3 Å². The number of carbonyl (C=O) groups excluding carboxylic acids is 2. The predicted octanol–water partition coefficient (Wildman–Crippen LogP) is 4.17. The number of amides is 1. The van der Waals surface area contributed by atoms with Crippen molar-refractivity contribution in [2.24, 2.45) is 0 Å². The number of hydrogen-bond acceptors (Lipinski definition) is 6. The molecule has 2 rings (SSSR count).